The van der Waals surface area contributed by atoms with Crippen LogP contribution in [0.3, 0.4) is 0 Å². The fourth-order valence-corrected chi connectivity index (χ4v) is 6.61. The first-order valence-electron chi connectivity index (χ1n) is 9.20. The number of fused-ring (bicyclic) bond motifs is 1. The molecule has 0 heterocycles. The Morgan fingerprint density at radius 1 is 0.917 bits per heavy atom. The van der Waals surface area contributed by atoms with Crippen molar-refractivity contribution in [3.8, 4) is 11.1 Å². The molecule has 2 aliphatic carbocycles. The van der Waals surface area contributed by atoms with E-state index in [1.807, 2.05) is 0 Å². The van der Waals surface area contributed by atoms with Crippen LogP contribution < -0.4 is 0 Å². The SMILES string of the molecule is CC1=C(C2CCCC2)[CH]([Zr])c2cccc(-c3cc(C)cc(C)c3)c21. The Balaban J connectivity index is 1.89. The summed E-state index contributed by atoms with van der Waals surface area (Å²) in [5.41, 5.74) is 12.0. The Hall–Kier alpha value is -0.937. The fourth-order valence-electron chi connectivity index (χ4n) is 4.91. The van der Waals surface area contributed by atoms with E-state index in [-0.39, 0.29) is 0 Å². The van der Waals surface area contributed by atoms with Crippen LogP contribution in [0.25, 0.3) is 16.7 Å². The van der Waals surface area contributed by atoms with E-state index in [0.717, 1.165) is 5.92 Å². The third kappa shape index (κ3) is 2.70. The molecule has 0 saturated heterocycles. The molecule has 0 bridgehead atoms. The van der Waals surface area contributed by atoms with Crippen LogP contribution in [-0.2, 0) is 24.7 Å². The predicted molar refractivity (Wildman–Crippen MR) is 98.6 cm³/mol. The molecule has 0 amide bonds. The van der Waals surface area contributed by atoms with Crippen LogP contribution in [0, 0.1) is 19.8 Å². The van der Waals surface area contributed by atoms with Gasteiger partial charge in [-0.15, -0.1) is 0 Å². The summed E-state index contributed by atoms with van der Waals surface area (Å²) in [4.78, 5) is 0. The van der Waals surface area contributed by atoms with Crippen molar-refractivity contribution >= 4 is 5.57 Å². The molecule has 0 aliphatic heterocycles. The second kappa shape index (κ2) is 6.41. The van der Waals surface area contributed by atoms with Crippen LogP contribution >= 0.6 is 0 Å². The van der Waals surface area contributed by atoms with E-state index in [0.29, 0.717) is 3.63 Å². The van der Waals surface area contributed by atoms with E-state index in [4.69, 9.17) is 0 Å². The van der Waals surface area contributed by atoms with Gasteiger partial charge in [-0.3, -0.25) is 0 Å². The quantitative estimate of drug-likeness (QED) is 0.544. The topological polar surface area (TPSA) is 0 Å². The van der Waals surface area contributed by atoms with Gasteiger partial charge in [0.2, 0.25) is 0 Å². The van der Waals surface area contributed by atoms with Crippen LogP contribution in [-0.4, -0.2) is 0 Å². The van der Waals surface area contributed by atoms with Crippen LogP contribution in [0.15, 0.2) is 42.0 Å². The van der Waals surface area contributed by atoms with Gasteiger partial charge in [-0.05, 0) is 0 Å². The average molecular weight is 393 g/mol. The van der Waals surface area contributed by atoms with Crippen molar-refractivity contribution in [2.45, 2.75) is 50.1 Å². The number of aryl methyl sites for hydroxylation is 2. The van der Waals surface area contributed by atoms with E-state index < -0.39 is 0 Å². The van der Waals surface area contributed by atoms with Crippen LogP contribution in [0.1, 0.15) is 58.5 Å². The molecule has 121 valence electrons. The van der Waals surface area contributed by atoms with Gasteiger partial charge in [-0.1, -0.05) is 0 Å². The van der Waals surface area contributed by atoms with Crippen LogP contribution in [0.4, 0.5) is 0 Å². The average Bonchev–Trinajstić information content (AvgIpc) is 3.14. The van der Waals surface area contributed by atoms with Gasteiger partial charge in [0, 0.05) is 0 Å². The first-order valence-corrected chi connectivity index (χ1v) is 10.6. The first-order chi connectivity index (χ1) is 11.6. The zero-order chi connectivity index (χ0) is 16.8. The van der Waals surface area contributed by atoms with Gasteiger partial charge < -0.3 is 0 Å². The number of hydrogen-bond acceptors (Lipinski definition) is 0. The molecule has 0 radical (unpaired) electrons. The molecule has 1 heteroatoms. The summed E-state index contributed by atoms with van der Waals surface area (Å²) < 4.78 is 0.682. The van der Waals surface area contributed by atoms with Crippen LogP contribution in [0.5, 0.6) is 0 Å². The second-order valence-corrected chi connectivity index (χ2v) is 9.06. The molecule has 1 saturated carbocycles. The van der Waals surface area contributed by atoms with Gasteiger partial charge in [0.05, 0.1) is 0 Å². The minimum atomic E-state index is 0.682. The third-order valence-corrected chi connectivity index (χ3v) is 7.38. The molecule has 2 aromatic rings. The van der Waals surface area contributed by atoms with Gasteiger partial charge in [-0.25, -0.2) is 0 Å². The zero-order valence-corrected chi connectivity index (χ0v) is 17.4. The monoisotopic (exact) mass is 391 g/mol. The minimum absolute atomic E-state index is 0.682. The molecule has 0 spiro atoms. The van der Waals surface area contributed by atoms with Gasteiger partial charge >= 0.3 is 162 Å². The van der Waals surface area contributed by atoms with Crippen molar-refractivity contribution in [3.63, 3.8) is 0 Å². The molecule has 4 rings (SSSR count). The summed E-state index contributed by atoms with van der Waals surface area (Å²) in [7, 11) is 0. The number of rotatable bonds is 2. The maximum atomic E-state index is 2.39. The van der Waals surface area contributed by atoms with Crippen molar-refractivity contribution in [1.29, 1.82) is 0 Å². The predicted octanol–water partition coefficient (Wildman–Crippen LogP) is 6.54. The van der Waals surface area contributed by atoms with Gasteiger partial charge in [0.1, 0.15) is 0 Å². The van der Waals surface area contributed by atoms with Crippen molar-refractivity contribution in [1.82, 2.24) is 0 Å². The Kier molecular flexibility index (Phi) is 4.42. The zero-order valence-electron chi connectivity index (χ0n) is 14.9. The number of allylic oxidation sites excluding steroid dienone is 2. The van der Waals surface area contributed by atoms with Crippen LogP contribution in [0.2, 0.25) is 0 Å². The van der Waals surface area contributed by atoms with Gasteiger partial charge in [-0.2, -0.15) is 0 Å². The molecule has 0 aromatic heterocycles. The summed E-state index contributed by atoms with van der Waals surface area (Å²) in [5.74, 6) is 0.841. The van der Waals surface area contributed by atoms with E-state index in [1.165, 1.54) is 47.9 Å². The van der Waals surface area contributed by atoms with Gasteiger partial charge in [0.15, 0.2) is 0 Å². The molecule has 24 heavy (non-hydrogen) atoms. The normalized spacial score (nSPS) is 20.7. The summed E-state index contributed by atoms with van der Waals surface area (Å²) in [5, 5.41) is 0. The van der Waals surface area contributed by atoms with Gasteiger partial charge in [0.25, 0.3) is 0 Å². The number of hydrogen-bond donors (Lipinski definition) is 0. The van der Waals surface area contributed by atoms with E-state index in [9.17, 15) is 0 Å². The maximum absolute atomic E-state index is 2.39. The Bertz CT molecular complexity index is 802. The standard InChI is InChI=1S/C23H25.Zr/c1-15-11-16(2)13-20(12-15)21-10-6-9-19-14-22(17(3)23(19)21)18-7-4-5-8-18;/h6,9-14,18H,4-5,7-8H2,1-3H3;. The summed E-state index contributed by atoms with van der Waals surface area (Å²) in [6.07, 6.45) is 5.66. The van der Waals surface area contributed by atoms with E-state index >= 15 is 0 Å². The fraction of sp³-hybridized carbons (Fsp3) is 0.391. The molecule has 0 nitrogen and oxygen atoms in total. The van der Waals surface area contributed by atoms with Crippen molar-refractivity contribution in [2.75, 3.05) is 0 Å². The second-order valence-electron chi connectivity index (χ2n) is 7.64. The van der Waals surface area contributed by atoms with E-state index in [1.54, 1.807) is 47.0 Å². The molecular weight excluding hydrogens is 367 g/mol. The first kappa shape index (κ1) is 16.5. The molecule has 1 fully saturated rings. The summed E-state index contributed by atoms with van der Waals surface area (Å²) in [6.45, 7) is 6.81. The Morgan fingerprint density at radius 2 is 1.58 bits per heavy atom. The number of benzene rings is 2. The molecule has 1 atom stereocenters. The Morgan fingerprint density at radius 3 is 2.25 bits per heavy atom. The van der Waals surface area contributed by atoms with E-state index in [2.05, 4.69) is 57.2 Å². The van der Waals surface area contributed by atoms with Crippen molar-refractivity contribution in [2.24, 2.45) is 5.92 Å². The van der Waals surface area contributed by atoms with Crippen molar-refractivity contribution < 1.29 is 24.7 Å². The third-order valence-electron chi connectivity index (χ3n) is 5.85. The molecule has 0 N–H and O–H groups in total. The molecule has 2 aromatic carbocycles. The van der Waals surface area contributed by atoms with Crippen molar-refractivity contribution in [3.05, 3.63) is 64.2 Å². The summed E-state index contributed by atoms with van der Waals surface area (Å²) >= 11 is 1.65. The molecular formula is C23H25Zr. The molecule has 1 unspecified atom stereocenters. The summed E-state index contributed by atoms with van der Waals surface area (Å²) in [6, 6.07) is 14.0. The Labute approximate surface area is 161 Å². The molecule has 2 aliphatic rings.